The van der Waals surface area contributed by atoms with Gasteiger partial charge in [-0.25, -0.2) is 0 Å². The first-order chi connectivity index (χ1) is 6.74. The highest BCUT2D eigenvalue weighted by Gasteiger charge is 2.29. The van der Waals surface area contributed by atoms with Crippen molar-refractivity contribution in [3.63, 3.8) is 0 Å². The number of aromatic nitrogens is 2. The lowest BCUT2D eigenvalue weighted by atomic mass is 9.79. The van der Waals surface area contributed by atoms with Crippen LogP contribution in [0.2, 0.25) is 5.02 Å². The van der Waals surface area contributed by atoms with Crippen LogP contribution in [-0.4, -0.2) is 9.78 Å². The molecule has 1 aliphatic carbocycles. The summed E-state index contributed by atoms with van der Waals surface area (Å²) in [4.78, 5) is 0. The van der Waals surface area contributed by atoms with Gasteiger partial charge in [0.25, 0.3) is 0 Å². The van der Waals surface area contributed by atoms with Gasteiger partial charge >= 0.3 is 0 Å². The number of halogens is 1. The summed E-state index contributed by atoms with van der Waals surface area (Å²) >= 11 is 6.08. The second-order valence-corrected chi connectivity index (χ2v) is 4.32. The van der Waals surface area contributed by atoms with E-state index in [9.17, 15) is 0 Å². The summed E-state index contributed by atoms with van der Waals surface area (Å²) in [5.41, 5.74) is 7.19. The molecule has 1 heterocycles. The lowest BCUT2D eigenvalue weighted by molar-refractivity contribution is 0.256. The summed E-state index contributed by atoms with van der Waals surface area (Å²) in [6.45, 7) is 2.89. The molecule has 0 aromatic carbocycles. The Balaban J connectivity index is 2.23. The summed E-state index contributed by atoms with van der Waals surface area (Å²) in [5.74, 6) is 0.606. The van der Waals surface area contributed by atoms with Gasteiger partial charge < -0.3 is 5.73 Å². The van der Waals surface area contributed by atoms with Gasteiger partial charge in [-0.3, -0.25) is 4.68 Å². The van der Waals surface area contributed by atoms with Crippen molar-refractivity contribution < 1.29 is 0 Å². The Labute approximate surface area is 89.2 Å². The fourth-order valence-electron chi connectivity index (χ4n) is 1.98. The molecule has 3 nitrogen and oxygen atoms in total. The highest BCUT2D eigenvalue weighted by atomic mass is 35.5. The first kappa shape index (κ1) is 9.99. The van der Waals surface area contributed by atoms with Gasteiger partial charge in [-0.1, -0.05) is 18.0 Å². The molecule has 4 heteroatoms. The van der Waals surface area contributed by atoms with Crippen LogP contribution in [-0.2, 0) is 6.54 Å². The molecule has 0 saturated heterocycles. The van der Waals surface area contributed by atoms with E-state index in [1.54, 1.807) is 6.20 Å². The Morgan fingerprint density at radius 3 is 2.93 bits per heavy atom. The lowest BCUT2D eigenvalue weighted by Gasteiger charge is -2.31. The minimum atomic E-state index is 0.0682. The Hall–Kier alpha value is -0.540. The van der Waals surface area contributed by atoms with Gasteiger partial charge in [-0.2, -0.15) is 5.10 Å². The third-order valence-electron chi connectivity index (χ3n) is 3.11. The number of hydrogen-bond acceptors (Lipinski definition) is 2. The van der Waals surface area contributed by atoms with Crippen LogP contribution in [0.15, 0.2) is 6.20 Å². The normalized spacial score (nSPS) is 19.4. The molecule has 1 unspecified atom stereocenters. The number of hydrogen-bond donors (Lipinski definition) is 1. The predicted molar refractivity (Wildman–Crippen MR) is 57.2 cm³/mol. The molecule has 0 bridgehead atoms. The van der Waals surface area contributed by atoms with Gasteiger partial charge in [-0.05, 0) is 25.7 Å². The van der Waals surface area contributed by atoms with Crippen molar-refractivity contribution in [3.8, 4) is 0 Å². The fraction of sp³-hybridized carbons (Fsp3) is 0.700. The van der Waals surface area contributed by atoms with Crippen LogP contribution in [0.4, 0.5) is 0 Å². The molecular weight excluding hydrogens is 198 g/mol. The topological polar surface area (TPSA) is 43.8 Å². The molecule has 1 atom stereocenters. The maximum Gasteiger partial charge on any atom is 0.0834 e. The summed E-state index contributed by atoms with van der Waals surface area (Å²) in [6.07, 6.45) is 5.45. The molecule has 1 saturated carbocycles. The van der Waals surface area contributed by atoms with Gasteiger partial charge in [-0.15, -0.1) is 0 Å². The van der Waals surface area contributed by atoms with E-state index in [2.05, 4.69) is 12.0 Å². The molecular formula is C10H16ClN3. The smallest absolute Gasteiger partial charge is 0.0834 e. The molecule has 2 rings (SSSR count). The summed E-state index contributed by atoms with van der Waals surface area (Å²) < 4.78 is 1.91. The monoisotopic (exact) mass is 213 g/mol. The van der Waals surface area contributed by atoms with Gasteiger partial charge in [0.2, 0.25) is 0 Å². The van der Waals surface area contributed by atoms with E-state index in [1.807, 2.05) is 4.68 Å². The van der Waals surface area contributed by atoms with Crippen LogP contribution in [0.3, 0.4) is 0 Å². The summed E-state index contributed by atoms with van der Waals surface area (Å²) in [5, 5.41) is 4.91. The average Bonchev–Trinajstić information content (AvgIpc) is 2.43. The zero-order chi connectivity index (χ0) is 10.1. The Bertz CT molecular complexity index is 317. The van der Waals surface area contributed by atoms with E-state index in [1.165, 1.54) is 19.3 Å². The van der Waals surface area contributed by atoms with Crippen molar-refractivity contribution in [2.45, 2.75) is 38.8 Å². The minimum Gasteiger partial charge on any atom is -0.322 e. The van der Waals surface area contributed by atoms with E-state index in [4.69, 9.17) is 17.3 Å². The van der Waals surface area contributed by atoms with Crippen molar-refractivity contribution in [1.82, 2.24) is 9.78 Å². The first-order valence-corrected chi connectivity index (χ1v) is 5.58. The summed E-state index contributed by atoms with van der Waals surface area (Å²) in [6, 6.07) is 0.0682. The van der Waals surface area contributed by atoms with Gasteiger partial charge in [0.15, 0.2) is 0 Å². The summed E-state index contributed by atoms with van der Waals surface area (Å²) in [7, 11) is 0. The van der Waals surface area contributed by atoms with E-state index < -0.39 is 0 Å². The molecule has 0 spiro atoms. The highest BCUT2D eigenvalue weighted by molar-refractivity contribution is 6.31. The number of nitrogens with two attached hydrogens (primary N) is 1. The van der Waals surface area contributed by atoms with E-state index in [0.717, 1.165) is 12.2 Å². The molecule has 78 valence electrons. The Morgan fingerprint density at radius 1 is 1.71 bits per heavy atom. The second-order valence-electron chi connectivity index (χ2n) is 3.91. The highest BCUT2D eigenvalue weighted by Crippen LogP contribution is 2.38. The van der Waals surface area contributed by atoms with Crippen molar-refractivity contribution in [2.24, 2.45) is 11.7 Å². The van der Waals surface area contributed by atoms with Crippen molar-refractivity contribution in [3.05, 3.63) is 16.9 Å². The maximum atomic E-state index is 6.18. The quantitative estimate of drug-likeness (QED) is 0.838. The van der Waals surface area contributed by atoms with Crippen molar-refractivity contribution in [1.29, 1.82) is 0 Å². The zero-order valence-corrected chi connectivity index (χ0v) is 9.17. The number of nitrogens with zero attached hydrogens (tertiary/aromatic N) is 2. The molecule has 0 amide bonds. The predicted octanol–water partition coefficient (Wildman–Crippen LogP) is 2.36. The van der Waals surface area contributed by atoms with Crippen LogP contribution in [0, 0.1) is 5.92 Å². The molecule has 0 aliphatic heterocycles. The minimum absolute atomic E-state index is 0.0682. The van der Waals surface area contributed by atoms with Gasteiger partial charge in [0, 0.05) is 6.54 Å². The maximum absolute atomic E-state index is 6.18. The lowest BCUT2D eigenvalue weighted by Crippen LogP contribution is -2.29. The molecule has 1 aliphatic rings. The van der Waals surface area contributed by atoms with E-state index >= 15 is 0 Å². The Morgan fingerprint density at radius 2 is 2.43 bits per heavy atom. The molecule has 1 aromatic heterocycles. The molecule has 14 heavy (non-hydrogen) atoms. The molecule has 0 radical (unpaired) electrons. The van der Waals surface area contributed by atoms with Gasteiger partial charge in [0.1, 0.15) is 0 Å². The third kappa shape index (κ3) is 1.55. The van der Waals surface area contributed by atoms with Gasteiger partial charge in [0.05, 0.1) is 23.0 Å². The molecule has 1 fully saturated rings. The van der Waals surface area contributed by atoms with Crippen LogP contribution >= 0.6 is 11.6 Å². The Kier molecular flexibility index (Phi) is 2.79. The SMILES string of the molecule is CCn1ncc(Cl)c1C(N)C1CCC1. The van der Waals surface area contributed by atoms with Crippen molar-refractivity contribution in [2.75, 3.05) is 0 Å². The first-order valence-electron chi connectivity index (χ1n) is 5.20. The number of rotatable bonds is 3. The third-order valence-corrected chi connectivity index (χ3v) is 3.40. The number of aryl methyl sites for hydroxylation is 1. The van der Waals surface area contributed by atoms with Crippen molar-refractivity contribution >= 4 is 11.6 Å². The molecule has 2 N–H and O–H groups in total. The van der Waals surface area contributed by atoms with Crippen LogP contribution in [0.5, 0.6) is 0 Å². The standard InChI is InChI=1S/C10H16ClN3/c1-2-14-10(8(11)6-13-14)9(12)7-4-3-5-7/h6-7,9H,2-5,12H2,1H3. The van der Waals surface area contributed by atoms with E-state index in [0.29, 0.717) is 10.9 Å². The largest absolute Gasteiger partial charge is 0.322 e. The van der Waals surface area contributed by atoms with Crippen LogP contribution < -0.4 is 5.73 Å². The van der Waals surface area contributed by atoms with E-state index in [-0.39, 0.29) is 6.04 Å². The zero-order valence-electron chi connectivity index (χ0n) is 8.41. The van der Waals surface area contributed by atoms with Crippen LogP contribution in [0.25, 0.3) is 0 Å². The average molecular weight is 214 g/mol. The second kappa shape index (κ2) is 3.91. The van der Waals surface area contributed by atoms with Crippen LogP contribution in [0.1, 0.15) is 37.9 Å². The molecule has 1 aromatic rings. The fourth-order valence-corrected chi connectivity index (χ4v) is 2.24.